The van der Waals surface area contributed by atoms with Gasteiger partial charge in [0.1, 0.15) is 0 Å². The van der Waals surface area contributed by atoms with Gasteiger partial charge in [-0.05, 0) is 45.7 Å². The fourth-order valence-corrected chi connectivity index (χ4v) is 3.99. The van der Waals surface area contributed by atoms with Crippen LogP contribution in [-0.4, -0.2) is 35.6 Å². The fourth-order valence-electron chi connectivity index (χ4n) is 3.99. The number of hydrogen-bond donors (Lipinski definition) is 1. The molecule has 4 heteroatoms. The van der Waals surface area contributed by atoms with Gasteiger partial charge in [0.25, 0.3) is 0 Å². The van der Waals surface area contributed by atoms with E-state index < -0.39 is 0 Å². The number of likely N-dealkylation sites (N-methyl/N-ethyl adjacent to an activating group) is 1. The van der Waals surface area contributed by atoms with Gasteiger partial charge in [-0.2, -0.15) is 5.10 Å². The molecule has 1 fully saturated rings. The molecule has 0 saturated heterocycles. The second kappa shape index (κ2) is 6.93. The summed E-state index contributed by atoms with van der Waals surface area (Å²) in [5, 5.41) is 8.10. The summed E-state index contributed by atoms with van der Waals surface area (Å²) in [6, 6.07) is 2.55. The highest BCUT2D eigenvalue weighted by atomic mass is 16.5. The minimum atomic E-state index is -0.0385. The largest absolute Gasteiger partial charge is 0.377 e. The average molecular weight is 293 g/mol. The lowest BCUT2D eigenvalue weighted by Gasteiger charge is -2.44. The van der Waals surface area contributed by atoms with Crippen molar-refractivity contribution in [3.05, 3.63) is 17.5 Å². The molecule has 1 aromatic rings. The second-order valence-corrected chi connectivity index (χ2v) is 6.61. The van der Waals surface area contributed by atoms with Crippen LogP contribution in [0.3, 0.4) is 0 Å². The van der Waals surface area contributed by atoms with Crippen molar-refractivity contribution in [1.82, 2.24) is 15.1 Å². The number of methoxy groups -OCH3 is 1. The van der Waals surface area contributed by atoms with Crippen LogP contribution in [0, 0.1) is 12.8 Å². The molecule has 1 heterocycles. The van der Waals surface area contributed by atoms with E-state index in [1.54, 1.807) is 0 Å². The van der Waals surface area contributed by atoms with Gasteiger partial charge in [0.2, 0.25) is 0 Å². The Kier molecular flexibility index (Phi) is 5.44. The molecule has 0 amide bonds. The number of nitrogens with one attached hydrogen (secondary N) is 1. The molecule has 21 heavy (non-hydrogen) atoms. The molecule has 2 rings (SSSR count). The lowest BCUT2D eigenvalue weighted by atomic mass is 9.73. The van der Waals surface area contributed by atoms with Crippen molar-refractivity contribution in [3.63, 3.8) is 0 Å². The van der Waals surface area contributed by atoms with E-state index >= 15 is 0 Å². The van der Waals surface area contributed by atoms with Crippen molar-refractivity contribution >= 4 is 0 Å². The van der Waals surface area contributed by atoms with Gasteiger partial charge in [0.15, 0.2) is 0 Å². The zero-order chi connectivity index (χ0) is 15.5. The van der Waals surface area contributed by atoms with Crippen molar-refractivity contribution in [3.8, 4) is 0 Å². The van der Waals surface area contributed by atoms with Gasteiger partial charge >= 0.3 is 0 Å². The molecule has 120 valence electrons. The summed E-state index contributed by atoms with van der Waals surface area (Å²) in [4.78, 5) is 0. The zero-order valence-electron chi connectivity index (χ0n) is 14.3. The van der Waals surface area contributed by atoms with Crippen LogP contribution in [-0.2, 0) is 17.7 Å². The number of ether oxygens (including phenoxy) is 1. The fraction of sp³-hybridized carbons (Fsp3) is 0.824. The van der Waals surface area contributed by atoms with Crippen LogP contribution in [0.25, 0.3) is 0 Å². The summed E-state index contributed by atoms with van der Waals surface area (Å²) in [5.74, 6) is 0.743. The van der Waals surface area contributed by atoms with E-state index in [4.69, 9.17) is 4.74 Å². The second-order valence-electron chi connectivity index (χ2n) is 6.61. The molecule has 3 unspecified atom stereocenters. The molecule has 1 N–H and O–H groups in total. The van der Waals surface area contributed by atoms with E-state index in [0.717, 1.165) is 37.4 Å². The molecular weight excluding hydrogens is 262 g/mol. The quantitative estimate of drug-likeness (QED) is 0.876. The third kappa shape index (κ3) is 3.49. The highest BCUT2D eigenvalue weighted by Gasteiger charge is 2.41. The van der Waals surface area contributed by atoms with Crippen molar-refractivity contribution < 1.29 is 4.74 Å². The molecule has 1 aliphatic rings. The van der Waals surface area contributed by atoms with Crippen LogP contribution in [0.5, 0.6) is 0 Å². The topological polar surface area (TPSA) is 39.1 Å². The number of nitrogens with zero attached hydrogens (tertiary/aromatic N) is 2. The van der Waals surface area contributed by atoms with E-state index in [1.807, 2.05) is 7.11 Å². The third-order valence-corrected chi connectivity index (χ3v) is 5.08. The Hall–Kier alpha value is -0.870. The van der Waals surface area contributed by atoms with Crippen molar-refractivity contribution in [2.75, 3.05) is 14.2 Å². The standard InChI is InChI=1S/C17H31N3O/c1-6-20-15(10-14(3)19-20)11-16(18-4)17(21-5)9-7-8-13(2)12-17/h10,13,16,18H,6-9,11-12H2,1-5H3. The van der Waals surface area contributed by atoms with E-state index in [9.17, 15) is 0 Å². The average Bonchev–Trinajstić information content (AvgIpc) is 2.84. The maximum atomic E-state index is 6.06. The summed E-state index contributed by atoms with van der Waals surface area (Å²) >= 11 is 0. The van der Waals surface area contributed by atoms with Crippen LogP contribution < -0.4 is 5.32 Å². The number of aryl methyl sites for hydroxylation is 2. The molecule has 0 aliphatic heterocycles. The van der Waals surface area contributed by atoms with Crippen LogP contribution in [0.2, 0.25) is 0 Å². The van der Waals surface area contributed by atoms with Crippen LogP contribution in [0.1, 0.15) is 50.9 Å². The van der Waals surface area contributed by atoms with Gasteiger partial charge in [-0.1, -0.05) is 19.8 Å². The highest BCUT2D eigenvalue weighted by molar-refractivity contribution is 5.13. The first kappa shape index (κ1) is 16.5. The molecule has 3 atom stereocenters. The van der Waals surface area contributed by atoms with Crippen molar-refractivity contribution in [2.24, 2.45) is 5.92 Å². The van der Waals surface area contributed by atoms with Gasteiger partial charge < -0.3 is 10.1 Å². The van der Waals surface area contributed by atoms with Crippen LogP contribution in [0.4, 0.5) is 0 Å². The van der Waals surface area contributed by atoms with Crippen molar-refractivity contribution in [2.45, 2.75) is 71.1 Å². The third-order valence-electron chi connectivity index (χ3n) is 5.08. The Morgan fingerprint density at radius 3 is 2.90 bits per heavy atom. The summed E-state index contributed by atoms with van der Waals surface area (Å²) in [7, 11) is 3.94. The minimum absolute atomic E-state index is 0.0385. The Morgan fingerprint density at radius 2 is 2.33 bits per heavy atom. The zero-order valence-corrected chi connectivity index (χ0v) is 14.3. The molecule has 0 spiro atoms. The SMILES string of the molecule is CCn1nc(C)cc1CC(NC)C1(OC)CCCC(C)C1. The summed E-state index contributed by atoms with van der Waals surface area (Å²) in [5.41, 5.74) is 2.37. The Morgan fingerprint density at radius 1 is 1.57 bits per heavy atom. The maximum Gasteiger partial charge on any atom is 0.0837 e. The van der Waals surface area contributed by atoms with Gasteiger partial charge in [-0.25, -0.2) is 0 Å². The summed E-state index contributed by atoms with van der Waals surface area (Å²) in [6.07, 6.45) is 5.87. The van der Waals surface area contributed by atoms with Crippen LogP contribution in [0.15, 0.2) is 6.07 Å². The normalized spacial score (nSPS) is 27.8. The van der Waals surface area contributed by atoms with Crippen LogP contribution >= 0.6 is 0 Å². The lowest BCUT2D eigenvalue weighted by Crippen LogP contribution is -2.54. The predicted molar refractivity (Wildman–Crippen MR) is 86.6 cm³/mol. The minimum Gasteiger partial charge on any atom is -0.377 e. The van der Waals surface area contributed by atoms with Gasteiger partial charge in [0, 0.05) is 31.8 Å². The number of rotatable bonds is 6. The molecule has 0 bridgehead atoms. The first-order valence-electron chi connectivity index (χ1n) is 8.30. The lowest BCUT2D eigenvalue weighted by molar-refractivity contribution is -0.0778. The van der Waals surface area contributed by atoms with Crippen molar-refractivity contribution in [1.29, 1.82) is 0 Å². The molecule has 1 aliphatic carbocycles. The molecular formula is C17H31N3O. The first-order valence-corrected chi connectivity index (χ1v) is 8.30. The smallest absolute Gasteiger partial charge is 0.0837 e. The molecule has 1 saturated carbocycles. The molecule has 0 aromatic carbocycles. The Labute approximate surface area is 129 Å². The van der Waals surface area contributed by atoms with Gasteiger partial charge in [-0.15, -0.1) is 0 Å². The monoisotopic (exact) mass is 293 g/mol. The Balaban J connectivity index is 2.21. The maximum absolute atomic E-state index is 6.06. The van der Waals surface area contributed by atoms with E-state index in [-0.39, 0.29) is 5.60 Å². The van der Waals surface area contributed by atoms with E-state index in [1.165, 1.54) is 18.5 Å². The summed E-state index contributed by atoms with van der Waals surface area (Å²) in [6.45, 7) is 7.49. The number of aromatic nitrogens is 2. The highest BCUT2D eigenvalue weighted by Crippen LogP contribution is 2.38. The van der Waals surface area contributed by atoms with Gasteiger partial charge in [0.05, 0.1) is 11.3 Å². The molecule has 4 nitrogen and oxygen atoms in total. The number of hydrogen-bond acceptors (Lipinski definition) is 3. The van der Waals surface area contributed by atoms with E-state index in [2.05, 4.69) is 49.0 Å². The molecule has 1 aromatic heterocycles. The predicted octanol–water partition coefficient (Wildman–Crippen LogP) is 2.94. The van der Waals surface area contributed by atoms with E-state index in [0.29, 0.717) is 6.04 Å². The Bertz CT molecular complexity index is 457. The molecule has 0 radical (unpaired) electrons. The first-order chi connectivity index (χ1) is 10.0. The van der Waals surface area contributed by atoms with Gasteiger partial charge in [-0.3, -0.25) is 4.68 Å². The summed E-state index contributed by atoms with van der Waals surface area (Å²) < 4.78 is 8.18.